The number of nitrogens with two attached hydrogens (primary N) is 1. The molecule has 0 aromatic rings. The molecule has 0 aliphatic heterocycles. The maximum Gasteiger partial charge on any atom is 0.264 e. The zero-order chi connectivity index (χ0) is 9.07. The first-order valence-corrected chi connectivity index (χ1v) is 5.24. The Morgan fingerprint density at radius 1 is 1.45 bits per heavy atom. The van der Waals surface area contributed by atoms with E-state index in [4.69, 9.17) is 5.73 Å². The highest BCUT2D eigenvalue weighted by Gasteiger charge is 2.10. The van der Waals surface area contributed by atoms with Crippen LogP contribution >= 0.6 is 0 Å². The van der Waals surface area contributed by atoms with Crippen LogP contribution in [0.25, 0.3) is 0 Å². The summed E-state index contributed by atoms with van der Waals surface area (Å²) in [6.45, 7) is 3.89. The summed E-state index contributed by atoms with van der Waals surface area (Å²) in [5.41, 5.74) is 5.53. The Labute approximate surface area is 67.9 Å². The zero-order valence-electron chi connectivity index (χ0n) is 7.07. The molecule has 0 amide bonds. The second-order valence-electron chi connectivity index (χ2n) is 2.90. The van der Waals surface area contributed by atoms with Crippen LogP contribution in [0.1, 0.15) is 13.8 Å². The topological polar surface area (TPSA) is 69.4 Å². The van der Waals surface area contributed by atoms with Gasteiger partial charge < -0.3 is 5.73 Å². The largest absolute Gasteiger partial charge is 0.325 e. The minimum absolute atomic E-state index is 0.0660. The van der Waals surface area contributed by atoms with Crippen LogP contribution in [-0.2, 0) is 14.3 Å². The zero-order valence-corrected chi connectivity index (χ0v) is 7.89. The van der Waals surface area contributed by atoms with Gasteiger partial charge in [-0.1, -0.05) is 13.8 Å². The first-order chi connectivity index (χ1) is 4.83. The second kappa shape index (κ2) is 4.04. The third-order valence-corrected chi connectivity index (χ3v) is 1.90. The van der Waals surface area contributed by atoms with Crippen LogP contribution in [-0.4, -0.2) is 27.3 Å². The van der Waals surface area contributed by atoms with Crippen molar-refractivity contribution in [3.05, 3.63) is 0 Å². The van der Waals surface area contributed by atoms with Crippen molar-refractivity contribution in [1.29, 1.82) is 0 Å². The number of rotatable bonds is 4. The average Bonchev–Trinajstić information content (AvgIpc) is 1.80. The van der Waals surface area contributed by atoms with Crippen LogP contribution in [0.5, 0.6) is 0 Å². The molecule has 0 spiro atoms. The van der Waals surface area contributed by atoms with E-state index in [-0.39, 0.29) is 18.6 Å². The summed E-state index contributed by atoms with van der Waals surface area (Å²) in [4.78, 5) is 0. The number of hydrogen-bond acceptors (Lipinski definition) is 4. The Morgan fingerprint density at radius 3 is 2.18 bits per heavy atom. The highest BCUT2D eigenvalue weighted by atomic mass is 32.2. The van der Waals surface area contributed by atoms with E-state index in [0.717, 1.165) is 6.26 Å². The van der Waals surface area contributed by atoms with Gasteiger partial charge in [0.1, 0.15) is 0 Å². The van der Waals surface area contributed by atoms with E-state index in [1.165, 1.54) is 0 Å². The highest BCUT2D eigenvalue weighted by molar-refractivity contribution is 7.85. The van der Waals surface area contributed by atoms with E-state index in [9.17, 15) is 8.42 Å². The fourth-order valence-electron chi connectivity index (χ4n) is 0.395. The summed E-state index contributed by atoms with van der Waals surface area (Å²) in [6, 6.07) is -0.218. The van der Waals surface area contributed by atoms with Gasteiger partial charge in [0.15, 0.2) is 0 Å². The SMILES string of the molecule is CC(C)[C@@H](N)COS(C)(=O)=O. The summed E-state index contributed by atoms with van der Waals surface area (Å²) in [5, 5.41) is 0. The quantitative estimate of drug-likeness (QED) is 0.617. The molecule has 5 heteroatoms. The van der Waals surface area contributed by atoms with E-state index in [0.29, 0.717) is 0 Å². The maximum absolute atomic E-state index is 10.5. The van der Waals surface area contributed by atoms with Crippen molar-refractivity contribution < 1.29 is 12.6 Å². The predicted octanol–water partition coefficient (Wildman–Crippen LogP) is -0.0541. The van der Waals surface area contributed by atoms with Gasteiger partial charge in [-0.3, -0.25) is 4.18 Å². The lowest BCUT2D eigenvalue weighted by atomic mass is 10.1. The smallest absolute Gasteiger partial charge is 0.264 e. The molecule has 0 heterocycles. The van der Waals surface area contributed by atoms with Gasteiger partial charge >= 0.3 is 0 Å². The Balaban J connectivity index is 3.72. The van der Waals surface area contributed by atoms with Gasteiger partial charge in [0.05, 0.1) is 12.9 Å². The molecule has 0 aliphatic rings. The molecule has 4 nitrogen and oxygen atoms in total. The molecule has 68 valence electrons. The normalized spacial score (nSPS) is 15.4. The molecule has 0 aromatic heterocycles. The van der Waals surface area contributed by atoms with E-state index in [1.807, 2.05) is 13.8 Å². The summed E-state index contributed by atoms with van der Waals surface area (Å²) in [5.74, 6) is 0.233. The van der Waals surface area contributed by atoms with E-state index < -0.39 is 10.1 Å². The molecule has 0 unspecified atom stereocenters. The first-order valence-electron chi connectivity index (χ1n) is 3.43. The van der Waals surface area contributed by atoms with Gasteiger partial charge in [0.2, 0.25) is 0 Å². The van der Waals surface area contributed by atoms with Crippen LogP contribution in [0.15, 0.2) is 0 Å². The van der Waals surface area contributed by atoms with Crippen molar-refractivity contribution >= 4 is 10.1 Å². The third kappa shape index (κ3) is 6.28. The van der Waals surface area contributed by atoms with Crippen molar-refractivity contribution in [3.63, 3.8) is 0 Å². The van der Waals surface area contributed by atoms with Crippen LogP contribution in [0.2, 0.25) is 0 Å². The van der Waals surface area contributed by atoms with Gasteiger partial charge in [-0.15, -0.1) is 0 Å². The predicted molar refractivity (Wildman–Crippen MR) is 43.6 cm³/mol. The summed E-state index contributed by atoms with van der Waals surface area (Å²) in [6.07, 6.45) is 1.01. The number of hydrogen-bond donors (Lipinski definition) is 1. The second-order valence-corrected chi connectivity index (χ2v) is 4.54. The molecule has 0 saturated heterocycles. The summed E-state index contributed by atoms with van der Waals surface area (Å²) < 4.78 is 25.5. The Morgan fingerprint density at radius 2 is 1.91 bits per heavy atom. The molecule has 0 rings (SSSR count). The van der Waals surface area contributed by atoms with Crippen LogP contribution < -0.4 is 5.73 Å². The van der Waals surface area contributed by atoms with Gasteiger partial charge in [-0.2, -0.15) is 8.42 Å². The molecule has 0 radical (unpaired) electrons. The Bertz CT molecular complexity index is 198. The minimum Gasteiger partial charge on any atom is -0.325 e. The lowest BCUT2D eigenvalue weighted by Gasteiger charge is -2.13. The van der Waals surface area contributed by atoms with Crippen molar-refractivity contribution in [2.45, 2.75) is 19.9 Å². The van der Waals surface area contributed by atoms with Crippen molar-refractivity contribution in [2.75, 3.05) is 12.9 Å². The molecule has 0 bridgehead atoms. The monoisotopic (exact) mass is 181 g/mol. The molecule has 2 N–H and O–H groups in total. The van der Waals surface area contributed by atoms with Crippen molar-refractivity contribution in [2.24, 2.45) is 11.7 Å². The highest BCUT2D eigenvalue weighted by Crippen LogP contribution is 1.99. The molecule has 0 aliphatic carbocycles. The third-order valence-electron chi connectivity index (χ3n) is 1.33. The van der Waals surface area contributed by atoms with Gasteiger partial charge in [-0.05, 0) is 5.92 Å². The first kappa shape index (κ1) is 10.9. The van der Waals surface area contributed by atoms with Crippen LogP contribution in [0.4, 0.5) is 0 Å². The fourth-order valence-corrected chi connectivity index (χ4v) is 0.799. The lowest BCUT2D eigenvalue weighted by molar-refractivity contribution is 0.266. The Hall–Kier alpha value is -0.130. The molecule has 1 atom stereocenters. The van der Waals surface area contributed by atoms with E-state index in [2.05, 4.69) is 4.18 Å². The molecular formula is C6H15NO3S. The molecule has 0 fully saturated rings. The average molecular weight is 181 g/mol. The molecule has 11 heavy (non-hydrogen) atoms. The van der Waals surface area contributed by atoms with Crippen molar-refractivity contribution in [3.8, 4) is 0 Å². The molecular weight excluding hydrogens is 166 g/mol. The maximum atomic E-state index is 10.5. The summed E-state index contributed by atoms with van der Waals surface area (Å²) in [7, 11) is -3.33. The van der Waals surface area contributed by atoms with Crippen molar-refractivity contribution in [1.82, 2.24) is 0 Å². The van der Waals surface area contributed by atoms with Crippen LogP contribution in [0.3, 0.4) is 0 Å². The molecule has 0 saturated carbocycles. The fraction of sp³-hybridized carbons (Fsp3) is 1.00. The van der Waals surface area contributed by atoms with Gasteiger partial charge in [0.25, 0.3) is 10.1 Å². The lowest BCUT2D eigenvalue weighted by Crippen LogP contribution is -2.32. The van der Waals surface area contributed by atoms with Gasteiger partial charge in [0, 0.05) is 6.04 Å². The van der Waals surface area contributed by atoms with E-state index in [1.54, 1.807) is 0 Å². The minimum atomic E-state index is -3.33. The van der Waals surface area contributed by atoms with Gasteiger partial charge in [-0.25, -0.2) is 0 Å². The van der Waals surface area contributed by atoms with E-state index >= 15 is 0 Å². The summed E-state index contributed by atoms with van der Waals surface area (Å²) >= 11 is 0. The Kier molecular flexibility index (Phi) is 3.99. The standard InChI is InChI=1S/C6H15NO3S/c1-5(2)6(7)4-10-11(3,8)9/h5-6H,4,7H2,1-3H3/t6-/m0/s1. The van der Waals surface area contributed by atoms with Crippen LogP contribution in [0, 0.1) is 5.92 Å². The molecule has 0 aromatic carbocycles.